The van der Waals surface area contributed by atoms with E-state index < -0.39 is 12.1 Å². The van der Waals surface area contributed by atoms with Gasteiger partial charge in [-0.25, -0.2) is 0 Å². The van der Waals surface area contributed by atoms with E-state index in [0.29, 0.717) is 12.5 Å². The number of hydrogen-bond donors (Lipinski definition) is 3. The first-order chi connectivity index (χ1) is 7.09. The summed E-state index contributed by atoms with van der Waals surface area (Å²) in [7, 11) is 0. The summed E-state index contributed by atoms with van der Waals surface area (Å²) in [5.41, 5.74) is 0. The molecule has 15 heavy (non-hydrogen) atoms. The van der Waals surface area contributed by atoms with E-state index in [1.807, 2.05) is 0 Å². The Morgan fingerprint density at radius 3 is 2.80 bits per heavy atom. The Kier molecular flexibility index (Phi) is 5.05. The molecule has 1 rings (SSSR count). The van der Waals surface area contributed by atoms with Gasteiger partial charge in [-0.1, -0.05) is 19.8 Å². The molecule has 0 amide bonds. The highest BCUT2D eigenvalue weighted by molar-refractivity contribution is 5.67. The van der Waals surface area contributed by atoms with E-state index in [2.05, 4.69) is 12.2 Å². The summed E-state index contributed by atoms with van der Waals surface area (Å²) >= 11 is 0. The third-order valence-electron chi connectivity index (χ3n) is 3.24. The van der Waals surface area contributed by atoms with Crippen LogP contribution in [0.1, 0.15) is 32.6 Å². The van der Waals surface area contributed by atoms with Gasteiger partial charge in [-0.05, 0) is 24.8 Å². The van der Waals surface area contributed by atoms with E-state index >= 15 is 0 Å². The van der Waals surface area contributed by atoms with E-state index in [1.54, 1.807) is 0 Å². The zero-order valence-electron chi connectivity index (χ0n) is 9.28. The summed E-state index contributed by atoms with van der Waals surface area (Å²) in [6.07, 6.45) is 2.91. The Hall–Kier alpha value is -0.610. The van der Waals surface area contributed by atoms with Crippen LogP contribution in [0.4, 0.5) is 0 Å². The Bertz CT molecular complexity index is 208. The molecule has 0 spiro atoms. The number of carbonyl (C=O) groups is 1. The SMILES string of the molecule is CC1CCCC1CNCC(O)CC(=O)O. The predicted octanol–water partition coefficient (Wildman–Crippen LogP) is 0.848. The minimum absolute atomic E-state index is 0.173. The monoisotopic (exact) mass is 215 g/mol. The fraction of sp³-hybridized carbons (Fsp3) is 0.909. The van der Waals surface area contributed by atoms with Gasteiger partial charge in [-0.15, -0.1) is 0 Å². The average Bonchev–Trinajstić information content (AvgIpc) is 2.50. The van der Waals surface area contributed by atoms with E-state index in [9.17, 15) is 9.90 Å². The summed E-state index contributed by atoms with van der Waals surface area (Å²) in [5, 5.41) is 20.9. The Balaban J connectivity index is 2.07. The molecule has 4 heteroatoms. The third-order valence-corrected chi connectivity index (χ3v) is 3.24. The van der Waals surface area contributed by atoms with Crippen LogP contribution >= 0.6 is 0 Å². The van der Waals surface area contributed by atoms with Gasteiger partial charge < -0.3 is 15.5 Å². The topological polar surface area (TPSA) is 69.6 Å². The molecule has 0 saturated heterocycles. The van der Waals surface area contributed by atoms with Crippen LogP contribution in [-0.4, -0.2) is 35.4 Å². The molecule has 1 saturated carbocycles. The van der Waals surface area contributed by atoms with Gasteiger partial charge in [0.15, 0.2) is 0 Å². The molecule has 0 aliphatic heterocycles. The predicted molar refractivity (Wildman–Crippen MR) is 57.6 cm³/mol. The van der Waals surface area contributed by atoms with Crippen molar-refractivity contribution in [2.45, 2.75) is 38.7 Å². The van der Waals surface area contributed by atoms with Crippen molar-refractivity contribution in [1.82, 2.24) is 5.32 Å². The van der Waals surface area contributed by atoms with Crippen molar-refractivity contribution in [3.8, 4) is 0 Å². The quantitative estimate of drug-likeness (QED) is 0.614. The Morgan fingerprint density at radius 1 is 1.53 bits per heavy atom. The standard InChI is InChI=1S/C11H21NO3/c1-8-3-2-4-9(8)6-12-7-10(13)5-11(14)15/h8-10,12-13H,2-7H2,1H3,(H,14,15). The maximum absolute atomic E-state index is 10.3. The highest BCUT2D eigenvalue weighted by Gasteiger charge is 2.22. The van der Waals surface area contributed by atoms with Crippen LogP contribution < -0.4 is 5.32 Å². The summed E-state index contributed by atoms with van der Waals surface area (Å²) in [5.74, 6) is 0.509. The normalized spacial score (nSPS) is 27.9. The number of carboxylic acid groups (broad SMARTS) is 1. The molecular weight excluding hydrogens is 194 g/mol. The Labute approximate surface area is 90.7 Å². The van der Waals surface area contributed by atoms with Crippen LogP contribution in [0, 0.1) is 11.8 Å². The smallest absolute Gasteiger partial charge is 0.306 e. The van der Waals surface area contributed by atoms with Crippen LogP contribution in [0.2, 0.25) is 0 Å². The number of aliphatic hydroxyl groups is 1. The molecule has 0 aromatic rings. The fourth-order valence-electron chi connectivity index (χ4n) is 2.23. The second-order valence-corrected chi connectivity index (χ2v) is 4.58. The Morgan fingerprint density at radius 2 is 2.27 bits per heavy atom. The first kappa shape index (κ1) is 12.5. The lowest BCUT2D eigenvalue weighted by Crippen LogP contribution is -2.32. The van der Waals surface area contributed by atoms with Gasteiger partial charge in [0.2, 0.25) is 0 Å². The number of aliphatic carboxylic acids is 1. The second-order valence-electron chi connectivity index (χ2n) is 4.58. The molecule has 4 nitrogen and oxygen atoms in total. The van der Waals surface area contributed by atoms with Gasteiger partial charge in [0.05, 0.1) is 12.5 Å². The third kappa shape index (κ3) is 4.62. The minimum atomic E-state index is -0.946. The van der Waals surface area contributed by atoms with Crippen molar-refractivity contribution in [3.05, 3.63) is 0 Å². The number of rotatable bonds is 6. The van der Waals surface area contributed by atoms with E-state index in [1.165, 1.54) is 19.3 Å². The molecule has 1 aliphatic rings. The molecule has 0 heterocycles. The molecule has 88 valence electrons. The molecule has 1 aliphatic carbocycles. The molecule has 3 atom stereocenters. The van der Waals surface area contributed by atoms with Crippen LogP contribution in [-0.2, 0) is 4.79 Å². The van der Waals surface area contributed by atoms with Crippen LogP contribution in [0.25, 0.3) is 0 Å². The van der Waals surface area contributed by atoms with Crippen LogP contribution in [0.5, 0.6) is 0 Å². The molecule has 0 aromatic carbocycles. The lowest BCUT2D eigenvalue weighted by Gasteiger charge is -2.17. The van der Waals surface area contributed by atoms with Gasteiger partial charge >= 0.3 is 5.97 Å². The summed E-state index contributed by atoms with van der Waals surface area (Å²) < 4.78 is 0. The summed E-state index contributed by atoms with van der Waals surface area (Å²) in [4.78, 5) is 10.3. The lowest BCUT2D eigenvalue weighted by atomic mass is 9.98. The van der Waals surface area contributed by atoms with Crippen molar-refractivity contribution < 1.29 is 15.0 Å². The summed E-state index contributed by atoms with van der Waals surface area (Å²) in [6.45, 7) is 3.54. The molecule has 3 unspecified atom stereocenters. The van der Waals surface area contributed by atoms with Crippen molar-refractivity contribution in [2.75, 3.05) is 13.1 Å². The minimum Gasteiger partial charge on any atom is -0.481 e. The van der Waals surface area contributed by atoms with Crippen molar-refractivity contribution in [1.29, 1.82) is 0 Å². The highest BCUT2D eigenvalue weighted by Crippen LogP contribution is 2.30. The zero-order chi connectivity index (χ0) is 11.3. The van der Waals surface area contributed by atoms with Gasteiger partial charge in [0.25, 0.3) is 0 Å². The zero-order valence-corrected chi connectivity index (χ0v) is 9.28. The maximum Gasteiger partial charge on any atom is 0.306 e. The van der Waals surface area contributed by atoms with Gasteiger partial charge in [-0.2, -0.15) is 0 Å². The van der Waals surface area contributed by atoms with Gasteiger partial charge in [0.1, 0.15) is 0 Å². The van der Waals surface area contributed by atoms with Crippen molar-refractivity contribution in [3.63, 3.8) is 0 Å². The number of carboxylic acids is 1. The lowest BCUT2D eigenvalue weighted by molar-refractivity contribution is -0.139. The van der Waals surface area contributed by atoms with E-state index in [0.717, 1.165) is 12.5 Å². The second kappa shape index (κ2) is 6.08. The molecule has 3 N–H and O–H groups in total. The van der Waals surface area contributed by atoms with E-state index in [4.69, 9.17) is 5.11 Å². The van der Waals surface area contributed by atoms with Crippen molar-refractivity contribution >= 4 is 5.97 Å². The van der Waals surface area contributed by atoms with Gasteiger partial charge in [0, 0.05) is 6.54 Å². The summed E-state index contributed by atoms with van der Waals surface area (Å²) in [6, 6.07) is 0. The fourth-order valence-corrected chi connectivity index (χ4v) is 2.23. The number of aliphatic hydroxyl groups excluding tert-OH is 1. The van der Waals surface area contributed by atoms with Crippen LogP contribution in [0.3, 0.4) is 0 Å². The number of hydrogen-bond acceptors (Lipinski definition) is 3. The van der Waals surface area contributed by atoms with Crippen LogP contribution in [0.15, 0.2) is 0 Å². The molecule has 0 aromatic heterocycles. The first-order valence-electron chi connectivity index (χ1n) is 5.70. The molecule has 1 fully saturated rings. The van der Waals surface area contributed by atoms with Gasteiger partial charge in [-0.3, -0.25) is 4.79 Å². The highest BCUT2D eigenvalue weighted by atomic mass is 16.4. The maximum atomic E-state index is 10.3. The molecule has 0 radical (unpaired) electrons. The number of nitrogens with one attached hydrogen (secondary N) is 1. The molecule has 0 bridgehead atoms. The largest absolute Gasteiger partial charge is 0.481 e. The average molecular weight is 215 g/mol. The molecular formula is C11H21NO3. The van der Waals surface area contributed by atoms with Crippen molar-refractivity contribution in [2.24, 2.45) is 11.8 Å². The van der Waals surface area contributed by atoms with E-state index in [-0.39, 0.29) is 6.42 Å². The first-order valence-corrected chi connectivity index (χ1v) is 5.70.